The summed E-state index contributed by atoms with van der Waals surface area (Å²) in [5, 5.41) is 8.90. The quantitative estimate of drug-likeness (QED) is 0.927. The molecule has 1 aromatic rings. The molecule has 2 rings (SSSR count). The van der Waals surface area contributed by atoms with Gasteiger partial charge in [0, 0.05) is 12.1 Å². The maximum atomic E-state index is 13.8. The maximum absolute atomic E-state index is 13.8. The number of benzene rings is 1. The van der Waals surface area contributed by atoms with Gasteiger partial charge in [-0.1, -0.05) is 0 Å². The van der Waals surface area contributed by atoms with E-state index in [4.69, 9.17) is 5.11 Å². The van der Waals surface area contributed by atoms with Crippen molar-refractivity contribution in [2.24, 2.45) is 0 Å². The third-order valence-electron chi connectivity index (χ3n) is 3.57. The standard InChI is InChI=1S/C13H16FNO4S/c1-13(2)6-3-7-15(13)20(18,19)11-8-9(12(16)17)4-5-10(11)14/h4-5,8H,3,6-7H2,1-2H3,(H,16,17). The van der Waals surface area contributed by atoms with Gasteiger partial charge in [-0.05, 0) is 44.9 Å². The Balaban J connectivity index is 2.55. The fourth-order valence-corrected chi connectivity index (χ4v) is 4.42. The first kappa shape index (κ1) is 14.9. The average molecular weight is 301 g/mol. The monoisotopic (exact) mass is 301 g/mol. The van der Waals surface area contributed by atoms with Crippen molar-refractivity contribution in [3.8, 4) is 0 Å². The van der Waals surface area contributed by atoms with Gasteiger partial charge in [0.2, 0.25) is 10.0 Å². The number of carboxylic acids is 1. The van der Waals surface area contributed by atoms with E-state index in [9.17, 15) is 17.6 Å². The van der Waals surface area contributed by atoms with Crippen LogP contribution in [-0.2, 0) is 10.0 Å². The van der Waals surface area contributed by atoms with E-state index >= 15 is 0 Å². The highest BCUT2D eigenvalue weighted by atomic mass is 32.2. The van der Waals surface area contributed by atoms with E-state index in [1.807, 2.05) is 0 Å². The summed E-state index contributed by atoms with van der Waals surface area (Å²) in [6.45, 7) is 3.86. The second-order valence-corrected chi connectivity index (χ2v) is 7.27. The predicted octanol–water partition coefficient (Wildman–Crippen LogP) is 2.09. The molecule has 1 saturated heterocycles. The molecule has 5 nitrogen and oxygen atoms in total. The summed E-state index contributed by atoms with van der Waals surface area (Å²) in [5.41, 5.74) is -0.841. The summed E-state index contributed by atoms with van der Waals surface area (Å²) in [6.07, 6.45) is 1.39. The minimum Gasteiger partial charge on any atom is -0.478 e. The largest absolute Gasteiger partial charge is 0.478 e. The van der Waals surface area contributed by atoms with E-state index in [2.05, 4.69) is 0 Å². The summed E-state index contributed by atoms with van der Waals surface area (Å²) in [7, 11) is -4.04. The lowest BCUT2D eigenvalue weighted by molar-refractivity contribution is 0.0696. The van der Waals surface area contributed by atoms with E-state index in [0.29, 0.717) is 19.4 Å². The molecule has 1 aromatic carbocycles. The molecule has 0 unspecified atom stereocenters. The molecule has 1 aliphatic rings. The molecule has 7 heteroatoms. The molecule has 110 valence electrons. The van der Waals surface area contributed by atoms with Crippen LogP contribution in [-0.4, -0.2) is 35.9 Å². The number of hydrogen-bond donors (Lipinski definition) is 1. The molecule has 20 heavy (non-hydrogen) atoms. The topological polar surface area (TPSA) is 74.7 Å². The SMILES string of the molecule is CC1(C)CCCN1S(=O)(=O)c1cc(C(=O)O)ccc1F. The van der Waals surface area contributed by atoms with Gasteiger partial charge >= 0.3 is 5.97 Å². The molecule has 1 aliphatic heterocycles. The molecular weight excluding hydrogens is 285 g/mol. The molecule has 0 spiro atoms. The van der Waals surface area contributed by atoms with Gasteiger partial charge in [-0.3, -0.25) is 0 Å². The number of sulfonamides is 1. The summed E-state index contributed by atoms with van der Waals surface area (Å²) < 4.78 is 40.2. The Kier molecular flexibility index (Phi) is 3.60. The van der Waals surface area contributed by atoms with Gasteiger partial charge < -0.3 is 5.11 Å². The predicted molar refractivity (Wildman–Crippen MR) is 70.6 cm³/mol. The maximum Gasteiger partial charge on any atom is 0.335 e. The highest BCUT2D eigenvalue weighted by Crippen LogP contribution is 2.34. The number of carboxylic acid groups (broad SMARTS) is 1. The van der Waals surface area contributed by atoms with Crippen LogP contribution in [0.3, 0.4) is 0 Å². The first-order valence-corrected chi connectivity index (χ1v) is 7.66. The molecule has 0 amide bonds. The van der Waals surface area contributed by atoms with Crippen LogP contribution in [0.1, 0.15) is 37.0 Å². The number of rotatable bonds is 3. The second-order valence-electron chi connectivity index (χ2n) is 5.44. The highest BCUT2D eigenvalue weighted by molar-refractivity contribution is 7.89. The first-order chi connectivity index (χ1) is 9.16. The van der Waals surface area contributed by atoms with E-state index < -0.39 is 32.2 Å². The average Bonchev–Trinajstić information content (AvgIpc) is 2.69. The number of aromatic carboxylic acids is 1. The smallest absolute Gasteiger partial charge is 0.335 e. The Labute approximate surface area is 117 Å². The fraction of sp³-hybridized carbons (Fsp3) is 0.462. The molecule has 1 heterocycles. The second kappa shape index (κ2) is 4.82. The zero-order valence-corrected chi connectivity index (χ0v) is 12.1. The van der Waals surface area contributed by atoms with Crippen LogP contribution < -0.4 is 0 Å². The normalized spacial score (nSPS) is 19.1. The van der Waals surface area contributed by atoms with E-state index in [-0.39, 0.29) is 5.56 Å². The third kappa shape index (κ3) is 2.43. The summed E-state index contributed by atoms with van der Waals surface area (Å²) in [6, 6.07) is 2.80. The van der Waals surface area contributed by atoms with Gasteiger partial charge in [0.05, 0.1) is 5.56 Å². The van der Waals surface area contributed by atoms with Crippen LogP contribution in [0.2, 0.25) is 0 Å². The Hall–Kier alpha value is -1.47. The molecule has 1 N–H and O–H groups in total. The van der Waals surface area contributed by atoms with Crippen LogP contribution in [0.5, 0.6) is 0 Å². The summed E-state index contributed by atoms with van der Waals surface area (Å²) in [4.78, 5) is 10.3. The van der Waals surface area contributed by atoms with Crippen LogP contribution in [0, 0.1) is 5.82 Å². The van der Waals surface area contributed by atoms with Crippen LogP contribution >= 0.6 is 0 Å². The van der Waals surface area contributed by atoms with Crippen molar-refractivity contribution in [1.82, 2.24) is 4.31 Å². The number of halogens is 1. The lowest BCUT2D eigenvalue weighted by Crippen LogP contribution is -2.42. The van der Waals surface area contributed by atoms with Gasteiger partial charge in [0.1, 0.15) is 10.7 Å². The fourth-order valence-electron chi connectivity index (χ4n) is 2.48. The Morgan fingerprint density at radius 3 is 2.55 bits per heavy atom. The van der Waals surface area contributed by atoms with Crippen molar-refractivity contribution >= 4 is 16.0 Å². The molecule has 0 radical (unpaired) electrons. The number of nitrogens with zero attached hydrogens (tertiary/aromatic N) is 1. The minimum atomic E-state index is -4.04. The molecule has 0 aliphatic carbocycles. The van der Waals surface area contributed by atoms with E-state index in [1.165, 1.54) is 4.31 Å². The van der Waals surface area contributed by atoms with Gasteiger partial charge in [0.15, 0.2) is 0 Å². The third-order valence-corrected chi connectivity index (χ3v) is 5.70. The van der Waals surface area contributed by atoms with Crippen molar-refractivity contribution in [3.05, 3.63) is 29.6 Å². The molecular formula is C13H16FNO4S. The van der Waals surface area contributed by atoms with E-state index in [1.54, 1.807) is 13.8 Å². The lowest BCUT2D eigenvalue weighted by atomic mass is 10.0. The number of carbonyl (C=O) groups is 1. The summed E-state index contributed by atoms with van der Waals surface area (Å²) >= 11 is 0. The Morgan fingerprint density at radius 1 is 1.40 bits per heavy atom. The van der Waals surface area contributed by atoms with Crippen LogP contribution in [0.4, 0.5) is 4.39 Å². The molecule has 0 atom stereocenters. The summed E-state index contributed by atoms with van der Waals surface area (Å²) in [5.74, 6) is -2.22. The van der Waals surface area contributed by atoms with Gasteiger partial charge in [-0.15, -0.1) is 0 Å². The van der Waals surface area contributed by atoms with Crippen molar-refractivity contribution < 1.29 is 22.7 Å². The Bertz CT molecular complexity index is 654. The van der Waals surface area contributed by atoms with Gasteiger partial charge in [-0.2, -0.15) is 4.31 Å². The molecule has 0 aromatic heterocycles. The zero-order valence-electron chi connectivity index (χ0n) is 11.3. The van der Waals surface area contributed by atoms with Crippen LogP contribution in [0.15, 0.2) is 23.1 Å². The van der Waals surface area contributed by atoms with Crippen LogP contribution in [0.25, 0.3) is 0 Å². The highest BCUT2D eigenvalue weighted by Gasteiger charge is 2.42. The molecule has 0 saturated carbocycles. The minimum absolute atomic E-state index is 0.248. The number of hydrogen-bond acceptors (Lipinski definition) is 3. The Morgan fingerprint density at radius 2 is 2.05 bits per heavy atom. The molecule has 1 fully saturated rings. The zero-order chi connectivity index (χ0) is 15.1. The van der Waals surface area contributed by atoms with Crippen molar-refractivity contribution in [2.75, 3.05) is 6.54 Å². The van der Waals surface area contributed by atoms with Gasteiger partial charge in [-0.25, -0.2) is 17.6 Å². The van der Waals surface area contributed by atoms with Crippen molar-refractivity contribution in [3.63, 3.8) is 0 Å². The lowest BCUT2D eigenvalue weighted by Gasteiger charge is -2.30. The van der Waals surface area contributed by atoms with Gasteiger partial charge in [0.25, 0.3) is 0 Å². The first-order valence-electron chi connectivity index (χ1n) is 6.22. The van der Waals surface area contributed by atoms with Crippen molar-refractivity contribution in [2.45, 2.75) is 37.1 Å². The van der Waals surface area contributed by atoms with E-state index in [0.717, 1.165) is 18.2 Å². The molecule has 0 bridgehead atoms. The van der Waals surface area contributed by atoms with Crippen molar-refractivity contribution in [1.29, 1.82) is 0 Å².